The highest BCUT2D eigenvalue weighted by molar-refractivity contribution is 9.10. The highest BCUT2D eigenvalue weighted by Crippen LogP contribution is 2.27. The van der Waals surface area contributed by atoms with Crippen LogP contribution < -0.4 is 0 Å². The fourth-order valence-electron chi connectivity index (χ4n) is 2.21. The van der Waals surface area contributed by atoms with E-state index in [1.807, 2.05) is 16.3 Å². The average molecular weight is 318 g/mol. The molecule has 0 aromatic carbocycles. The van der Waals surface area contributed by atoms with Gasteiger partial charge in [0.2, 0.25) is 0 Å². The predicted molar refractivity (Wildman–Crippen MR) is 72.4 cm³/mol. The van der Waals surface area contributed by atoms with E-state index in [0.29, 0.717) is 0 Å². The third kappa shape index (κ3) is 2.89. The molecule has 0 bridgehead atoms. The predicted octanol–water partition coefficient (Wildman–Crippen LogP) is 2.89. The van der Waals surface area contributed by atoms with E-state index >= 15 is 0 Å². The molecule has 1 aliphatic rings. The van der Waals surface area contributed by atoms with Crippen LogP contribution in [-0.2, 0) is 0 Å². The molecule has 1 unspecified atom stereocenters. The van der Waals surface area contributed by atoms with E-state index in [9.17, 15) is 9.90 Å². The first-order valence-electron chi connectivity index (χ1n) is 5.89. The van der Waals surface area contributed by atoms with Crippen LogP contribution >= 0.6 is 27.3 Å². The number of carbonyl (C=O) groups is 1. The second-order valence-electron chi connectivity index (χ2n) is 4.28. The van der Waals surface area contributed by atoms with E-state index in [1.165, 1.54) is 11.3 Å². The number of rotatable bonds is 2. The zero-order valence-electron chi connectivity index (χ0n) is 9.56. The van der Waals surface area contributed by atoms with Crippen molar-refractivity contribution in [2.75, 3.05) is 13.2 Å². The molecule has 5 heteroatoms. The Bertz CT molecular complexity index is 394. The summed E-state index contributed by atoms with van der Waals surface area (Å²) in [4.78, 5) is 15.0. The van der Waals surface area contributed by atoms with Gasteiger partial charge in [-0.15, -0.1) is 11.3 Å². The number of hydrogen-bond acceptors (Lipinski definition) is 3. The number of carbonyl (C=O) groups excluding carboxylic acids is 1. The Morgan fingerprint density at radius 1 is 1.53 bits per heavy atom. The van der Waals surface area contributed by atoms with Crippen molar-refractivity contribution in [3.63, 3.8) is 0 Å². The van der Waals surface area contributed by atoms with E-state index in [2.05, 4.69) is 15.9 Å². The smallest absolute Gasteiger partial charge is 0.265 e. The molecule has 1 saturated heterocycles. The first kappa shape index (κ1) is 13.1. The highest BCUT2D eigenvalue weighted by Gasteiger charge is 2.27. The Morgan fingerprint density at radius 3 is 3.00 bits per heavy atom. The number of nitrogens with zero attached hydrogens (tertiary/aromatic N) is 1. The normalized spacial score (nSPS) is 21.3. The van der Waals surface area contributed by atoms with E-state index in [1.54, 1.807) is 0 Å². The minimum absolute atomic E-state index is 0.0148. The molecule has 1 fully saturated rings. The Balaban J connectivity index is 2.18. The number of likely N-dealkylation sites (tertiary alicyclic amines) is 1. The summed E-state index contributed by atoms with van der Waals surface area (Å²) < 4.78 is 0.855. The summed E-state index contributed by atoms with van der Waals surface area (Å²) in [6.07, 6.45) is 4.18. The van der Waals surface area contributed by atoms with Crippen LogP contribution in [0.2, 0.25) is 0 Å². The van der Waals surface area contributed by atoms with Crippen molar-refractivity contribution in [2.24, 2.45) is 0 Å². The molecule has 94 valence electrons. The molecule has 0 spiro atoms. The van der Waals surface area contributed by atoms with Crippen LogP contribution in [0.3, 0.4) is 0 Å². The lowest BCUT2D eigenvalue weighted by molar-refractivity contribution is 0.0604. The van der Waals surface area contributed by atoms with Gasteiger partial charge in [0.25, 0.3) is 5.91 Å². The molecular weight excluding hydrogens is 302 g/mol. The van der Waals surface area contributed by atoms with E-state index in [4.69, 9.17) is 0 Å². The molecule has 0 aliphatic carbocycles. The average Bonchev–Trinajstić information content (AvgIpc) is 2.64. The van der Waals surface area contributed by atoms with E-state index in [0.717, 1.165) is 41.6 Å². The van der Waals surface area contributed by atoms with Gasteiger partial charge in [-0.1, -0.05) is 12.8 Å². The minimum Gasteiger partial charge on any atom is -0.394 e. The summed E-state index contributed by atoms with van der Waals surface area (Å²) in [6, 6.07) is 1.88. The maximum atomic E-state index is 12.4. The Hall–Kier alpha value is -0.390. The van der Waals surface area contributed by atoms with Crippen molar-refractivity contribution in [3.8, 4) is 0 Å². The number of amides is 1. The Morgan fingerprint density at radius 2 is 2.35 bits per heavy atom. The maximum absolute atomic E-state index is 12.4. The summed E-state index contributed by atoms with van der Waals surface area (Å²) in [5.74, 6) is 0.0489. The number of aliphatic hydroxyl groups is 1. The van der Waals surface area contributed by atoms with Crippen molar-refractivity contribution in [3.05, 3.63) is 20.8 Å². The second kappa shape index (κ2) is 5.98. The summed E-state index contributed by atoms with van der Waals surface area (Å²) in [6.45, 7) is 0.823. The zero-order valence-corrected chi connectivity index (χ0v) is 12.0. The van der Waals surface area contributed by atoms with Gasteiger partial charge in [0.1, 0.15) is 4.88 Å². The lowest BCUT2D eigenvalue weighted by Gasteiger charge is -2.28. The molecule has 0 saturated carbocycles. The van der Waals surface area contributed by atoms with Crippen molar-refractivity contribution in [1.82, 2.24) is 4.90 Å². The Kier molecular flexibility index (Phi) is 4.59. The van der Waals surface area contributed by atoms with Crippen LogP contribution in [0.1, 0.15) is 35.4 Å². The summed E-state index contributed by atoms with van der Waals surface area (Å²) in [7, 11) is 0. The van der Waals surface area contributed by atoms with Crippen molar-refractivity contribution >= 4 is 33.2 Å². The van der Waals surface area contributed by atoms with Crippen LogP contribution in [0.5, 0.6) is 0 Å². The van der Waals surface area contributed by atoms with Crippen LogP contribution in [0, 0.1) is 0 Å². The van der Waals surface area contributed by atoms with Crippen molar-refractivity contribution in [2.45, 2.75) is 31.7 Å². The molecule has 1 amide bonds. The lowest BCUT2D eigenvalue weighted by atomic mass is 10.1. The molecule has 17 heavy (non-hydrogen) atoms. The molecular formula is C12H16BrNO2S. The number of hydrogen-bond donors (Lipinski definition) is 1. The van der Waals surface area contributed by atoms with Gasteiger partial charge >= 0.3 is 0 Å². The van der Waals surface area contributed by atoms with Crippen LogP contribution in [-0.4, -0.2) is 35.1 Å². The van der Waals surface area contributed by atoms with Gasteiger partial charge in [-0.05, 0) is 40.2 Å². The lowest BCUT2D eigenvalue weighted by Crippen LogP contribution is -2.41. The first-order chi connectivity index (χ1) is 8.24. The van der Waals surface area contributed by atoms with Gasteiger partial charge in [0, 0.05) is 11.0 Å². The van der Waals surface area contributed by atoms with Crippen molar-refractivity contribution in [1.29, 1.82) is 0 Å². The van der Waals surface area contributed by atoms with Crippen molar-refractivity contribution < 1.29 is 9.90 Å². The topological polar surface area (TPSA) is 40.5 Å². The first-order valence-corrected chi connectivity index (χ1v) is 7.56. The number of thiophene rings is 1. The second-order valence-corrected chi connectivity index (χ2v) is 6.05. The molecule has 1 aliphatic heterocycles. The molecule has 1 aromatic rings. The molecule has 3 nitrogen and oxygen atoms in total. The standard InChI is InChI=1S/C12H16BrNO2S/c13-10-5-7-17-11(10)12(16)14-6-3-1-2-4-9(14)8-15/h5,7,9,15H,1-4,6,8H2. The third-order valence-corrected chi connectivity index (χ3v) is 4.99. The van der Waals surface area contributed by atoms with Gasteiger partial charge < -0.3 is 10.0 Å². The van der Waals surface area contributed by atoms with Gasteiger partial charge in [0.15, 0.2) is 0 Å². The maximum Gasteiger partial charge on any atom is 0.265 e. The highest BCUT2D eigenvalue weighted by atomic mass is 79.9. The van der Waals surface area contributed by atoms with Crippen LogP contribution in [0.15, 0.2) is 15.9 Å². The number of aliphatic hydroxyl groups excluding tert-OH is 1. The molecule has 1 N–H and O–H groups in total. The monoisotopic (exact) mass is 317 g/mol. The molecule has 1 atom stereocenters. The van der Waals surface area contributed by atoms with Gasteiger partial charge in [0.05, 0.1) is 12.6 Å². The number of halogens is 1. The molecule has 1 aromatic heterocycles. The summed E-state index contributed by atoms with van der Waals surface area (Å²) in [5, 5.41) is 11.3. The quantitative estimate of drug-likeness (QED) is 0.911. The fraction of sp³-hybridized carbons (Fsp3) is 0.583. The van der Waals surface area contributed by atoms with Gasteiger partial charge in [-0.25, -0.2) is 0 Å². The Labute approximate surface area is 114 Å². The van der Waals surface area contributed by atoms with Crippen LogP contribution in [0.4, 0.5) is 0 Å². The van der Waals surface area contributed by atoms with E-state index < -0.39 is 0 Å². The van der Waals surface area contributed by atoms with Gasteiger partial charge in [-0.2, -0.15) is 0 Å². The molecule has 2 rings (SSSR count). The van der Waals surface area contributed by atoms with E-state index in [-0.39, 0.29) is 18.6 Å². The summed E-state index contributed by atoms with van der Waals surface area (Å²) >= 11 is 4.85. The largest absolute Gasteiger partial charge is 0.394 e. The fourth-order valence-corrected chi connectivity index (χ4v) is 3.71. The molecule has 2 heterocycles. The zero-order chi connectivity index (χ0) is 12.3. The van der Waals surface area contributed by atoms with Gasteiger partial charge in [-0.3, -0.25) is 4.79 Å². The summed E-state index contributed by atoms with van der Waals surface area (Å²) in [5.41, 5.74) is 0. The van der Waals surface area contributed by atoms with Crippen LogP contribution in [0.25, 0.3) is 0 Å². The SMILES string of the molecule is O=C(c1sccc1Br)N1CCCCCC1CO. The molecule has 0 radical (unpaired) electrons. The minimum atomic E-state index is -0.0148. The third-order valence-electron chi connectivity index (χ3n) is 3.16.